The number of hydrogen-bond acceptors (Lipinski definition) is 8. The third-order valence-corrected chi connectivity index (χ3v) is 2.47. The van der Waals surface area contributed by atoms with Gasteiger partial charge in [0.2, 0.25) is 5.82 Å². The number of carboxylic acid groups (broad SMARTS) is 3. The average molecular weight is 374 g/mol. The van der Waals surface area contributed by atoms with Gasteiger partial charge in [-0.2, -0.15) is 0 Å². The molecule has 0 aliphatic rings. The Hall–Kier alpha value is -3.55. The lowest BCUT2D eigenvalue weighted by Crippen LogP contribution is -2.42. The third-order valence-electron chi connectivity index (χ3n) is 2.47. The number of aliphatic hydroxyl groups is 1. The van der Waals surface area contributed by atoms with Gasteiger partial charge in [0.1, 0.15) is 0 Å². The second kappa shape index (κ2) is 9.67. The summed E-state index contributed by atoms with van der Waals surface area (Å²) < 4.78 is 0. The van der Waals surface area contributed by atoms with Crippen LogP contribution in [0.4, 0.5) is 5.82 Å². The number of amides is 1. The van der Waals surface area contributed by atoms with Gasteiger partial charge in [-0.15, -0.1) is 5.11 Å². The predicted molar refractivity (Wildman–Crippen MR) is 82.4 cm³/mol. The highest BCUT2D eigenvalue weighted by Crippen LogP contribution is 2.15. The lowest BCUT2D eigenvalue weighted by molar-refractivity contribution is -0.170. The van der Waals surface area contributed by atoms with Gasteiger partial charge >= 0.3 is 17.9 Å². The van der Waals surface area contributed by atoms with E-state index in [1.807, 2.05) is 0 Å². The largest absolute Gasteiger partial charge is 0.481 e. The smallest absolute Gasteiger partial charge is 0.336 e. The van der Waals surface area contributed by atoms with Crippen molar-refractivity contribution in [3.8, 4) is 0 Å². The molecule has 0 unspecified atom stereocenters. The van der Waals surface area contributed by atoms with Crippen LogP contribution in [0.2, 0.25) is 0 Å². The quantitative estimate of drug-likeness (QED) is 0.235. The molecule has 144 valence electrons. The van der Waals surface area contributed by atoms with E-state index in [0.29, 0.717) is 0 Å². The summed E-state index contributed by atoms with van der Waals surface area (Å²) in [5.74, 6) is -5.43. The molecule has 1 aromatic heterocycles. The van der Waals surface area contributed by atoms with Crippen LogP contribution in [0, 0.1) is 0 Å². The maximum absolute atomic E-state index is 10.8. The minimum absolute atomic E-state index is 0.158. The van der Waals surface area contributed by atoms with Crippen molar-refractivity contribution in [1.29, 1.82) is 0 Å². The van der Waals surface area contributed by atoms with E-state index in [1.165, 1.54) is 11.3 Å². The zero-order chi connectivity index (χ0) is 20.5. The van der Waals surface area contributed by atoms with Crippen LogP contribution >= 0.6 is 0 Å². The van der Waals surface area contributed by atoms with Crippen LogP contribution in [-0.4, -0.2) is 78.9 Å². The van der Waals surface area contributed by atoms with Crippen molar-refractivity contribution >= 4 is 29.6 Å². The average Bonchev–Trinajstić information content (AvgIpc) is 2.92. The topological polar surface area (TPSA) is 232 Å². The van der Waals surface area contributed by atoms with Gasteiger partial charge in [-0.25, -0.2) is 9.78 Å². The molecular weight excluding hydrogens is 356 g/mol. The molecule has 0 radical (unpaired) electrons. The zero-order valence-electron chi connectivity index (χ0n) is 13.8. The number of nitrogens with two attached hydrogens (primary N) is 1. The predicted octanol–water partition coefficient (Wildman–Crippen LogP) is -1.18. The fourth-order valence-corrected chi connectivity index (χ4v) is 1.39. The number of imidazole rings is 1. The molecule has 0 fully saturated rings. The molecule has 1 amide bonds. The second-order valence-corrected chi connectivity index (χ2v) is 4.98. The van der Waals surface area contributed by atoms with Crippen molar-refractivity contribution < 1.29 is 39.6 Å². The Bertz CT molecular complexity index is 682. The zero-order valence-corrected chi connectivity index (χ0v) is 13.8. The lowest BCUT2D eigenvalue weighted by Gasteiger charge is -2.18. The Morgan fingerprint density at radius 1 is 1.19 bits per heavy atom. The van der Waals surface area contributed by atoms with Gasteiger partial charge in [0, 0.05) is 14.1 Å². The molecule has 0 saturated carbocycles. The second-order valence-electron chi connectivity index (χ2n) is 4.98. The fourth-order valence-electron chi connectivity index (χ4n) is 1.39. The van der Waals surface area contributed by atoms with E-state index >= 15 is 0 Å². The maximum atomic E-state index is 10.8. The summed E-state index contributed by atoms with van der Waals surface area (Å²) in [5, 5.41) is 42.7. The molecule has 0 aliphatic carbocycles. The minimum Gasteiger partial charge on any atom is -0.481 e. The van der Waals surface area contributed by atoms with Crippen LogP contribution in [0.3, 0.4) is 0 Å². The Kier molecular flexibility index (Phi) is 8.35. The van der Waals surface area contributed by atoms with Crippen molar-refractivity contribution in [1.82, 2.24) is 15.0 Å². The molecule has 1 rings (SSSR count). The number of nitrogens with one attached hydrogen (secondary N) is 1. The normalized spacial score (nSPS) is 10.7. The van der Waals surface area contributed by atoms with E-state index in [0.717, 1.165) is 0 Å². The number of rotatable bonds is 8. The number of hydrogen-bond donors (Lipinski definition) is 6. The van der Waals surface area contributed by atoms with Crippen LogP contribution < -0.4 is 5.73 Å². The molecule has 0 bridgehead atoms. The molecule has 14 nitrogen and oxygen atoms in total. The van der Waals surface area contributed by atoms with Gasteiger partial charge in [-0.1, -0.05) is 5.22 Å². The van der Waals surface area contributed by atoms with Crippen molar-refractivity contribution in [3.63, 3.8) is 0 Å². The molecule has 0 aromatic carbocycles. The molecule has 0 spiro atoms. The number of primary amides is 1. The number of aliphatic carboxylic acids is 3. The summed E-state index contributed by atoms with van der Waals surface area (Å²) in [6.07, 6.45) is -0.951. The van der Waals surface area contributed by atoms with Crippen LogP contribution in [0.25, 0.3) is 0 Å². The van der Waals surface area contributed by atoms with Gasteiger partial charge in [-0.3, -0.25) is 19.4 Å². The number of carbonyl (C=O) groups is 4. The first-order chi connectivity index (χ1) is 11.9. The van der Waals surface area contributed by atoms with Crippen LogP contribution in [-0.2, 0) is 14.4 Å². The number of carboxylic acids is 3. The maximum Gasteiger partial charge on any atom is 0.336 e. The first kappa shape index (κ1) is 22.4. The Morgan fingerprint density at radius 2 is 1.69 bits per heavy atom. The van der Waals surface area contributed by atoms with Gasteiger partial charge < -0.3 is 31.1 Å². The molecular formula is C12H18N6O8. The van der Waals surface area contributed by atoms with Crippen LogP contribution in [0.5, 0.6) is 0 Å². The standard InChI is InChI=1S/C6H10N6O.C6H8O7/c1-12(2)11-10-6-4(5(7)13)8-3-9-6;7-3(8)1-6(13,5(11)12)2-4(9)10/h3H,1-2H3,(H2,7,13)(H,8,9);13H,1-2H2,(H,7,8)(H,9,10)(H,11,12)/b11-10+;. The Balaban J connectivity index is 0.000000481. The van der Waals surface area contributed by atoms with E-state index in [1.54, 1.807) is 14.1 Å². The number of H-pyrrole nitrogens is 1. The number of aromatic nitrogens is 2. The van der Waals surface area contributed by atoms with Crippen molar-refractivity contribution in [2.45, 2.75) is 18.4 Å². The minimum atomic E-state index is -2.74. The highest BCUT2D eigenvalue weighted by Gasteiger charge is 2.40. The lowest BCUT2D eigenvalue weighted by atomic mass is 9.96. The molecule has 0 atom stereocenters. The molecule has 0 saturated heterocycles. The molecule has 7 N–H and O–H groups in total. The summed E-state index contributed by atoms with van der Waals surface area (Å²) in [6, 6.07) is 0. The number of carbonyl (C=O) groups excluding carboxylic acids is 1. The van der Waals surface area contributed by atoms with E-state index in [4.69, 9.17) is 26.2 Å². The van der Waals surface area contributed by atoms with Crippen LogP contribution in [0.1, 0.15) is 23.3 Å². The van der Waals surface area contributed by atoms with E-state index in [-0.39, 0.29) is 11.5 Å². The highest BCUT2D eigenvalue weighted by molar-refractivity contribution is 5.94. The summed E-state index contributed by atoms with van der Waals surface area (Å²) in [5.41, 5.74) is 2.46. The van der Waals surface area contributed by atoms with Crippen molar-refractivity contribution in [3.05, 3.63) is 12.0 Å². The fraction of sp³-hybridized carbons (Fsp3) is 0.417. The summed E-state index contributed by atoms with van der Waals surface area (Å²) in [7, 11) is 3.42. The molecule has 0 aliphatic heterocycles. The summed E-state index contributed by atoms with van der Waals surface area (Å²) >= 11 is 0. The molecule has 26 heavy (non-hydrogen) atoms. The van der Waals surface area contributed by atoms with Crippen LogP contribution in [0.15, 0.2) is 16.7 Å². The van der Waals surface area contributed by atoms with Gasteiger partial charge in [0.25, 0.3) is 5.91 Å². The first-order valence-corrected chi connectivity index (χ1v) is 6.70. The highest BCUT2D eigenvalue weighted by atomic mass is 16.4. The van der Waals surface area contributed by atoms with E-state index in [9.17, 15) is 19.2 Å². The van der Waals surface area contributed by atoms with Gasteiger partial charge in [0.15, 0.2) is 11.3 Å². The molecule has 1 aromatic rings. The summed E-state index contributed by atoms with van der Waals surface area (Å²) in [4.78, 5) is 47.6. The van der Waals surface area contributed by atoms with Gasteiger partial charge in [0.05, 0.1) is 19.2 Å². The van der Waals surface area contributed by atoms with E-state index < -0.39 is 42.3 Å². The monoisotopic (exact) mass is 374 g/mol. The van der Waals surface area contributed by atoms with E-state index in [2.05, 4.69) is 20.3 Å². The number of nitrogens with zero attached hydrogens (tertiary/aromatic N) is 4. The molecule has 1 heterocycles. The Morgan fingerprint density at radius 3 is 2.04 bits per heavy atom. The Labute approximate surface area is 145 Å². The third kappa shape index (κ3) is 7.82. The van der Waals surface area contributed by atoms with Crippen molar-refractivity contribution in [2.75, 3.05) is 14.1 Å². The summed E-state index contributed by atoms with van der Waals surface area (Å²) in [6.45, 7) is 0. The SMILES string of the molecule is CN(C)/N=N/c1nc[nH]c1C(N)=O.O=C(O)CC(O)(CC(=O)O)C(=O)O. The van der Waals surface area contributed by atoms with Gasteiger partial charge in [-0.05, 0) is 0 Å². The number of aromatic amines is 1. The molecule has 14 heteroatoms. The van der Waals surface area contributed by atoms with Crippen molar-refractivity contribution in [2.24, 2.45) is 16.1 Å². The first-order valence-electron chi connectivity index (χ1n) is 6.70.